The van der Waals surface area contributed by atoms with Crippen molar-refractivity contribution >= 4 is 22.0 Å². The summed E-state index contributed by atoms with van der Waals surface area (Å²) in [5, 5.41) is 7.36. The average Bonchev–Trinajstić information content (AvgIpc) is 3.17. The SMILES string of the molecule is C=CC[C@H](C)c1nnc(NS(=O)(=O)[C@@H](C)Cc2ncc(C)cn2)n1-c1c(F)cccc1C=C. The number of benzene rings is 1. The number of rotatable bonds is 10. The Morgan fingerprint density at radius 3 is 2.52 bits per heavy atom. The third kappa shape index (κ3) is 5.33. The quantitative estimate of drug-likeness (QED) is 0.446. The van der Waals surface area contributed by atoms with E-state index in [1.54, 1.807) is 37.5 Å². The molecule has 0 saturated carbocycles. The number of halogens is 1. The van der Waals surface area contributed by atoms with Gasteiger partial charge in [-0.2, -0.15) is 0 Å². The Balaban J connectivity index is 2.03. The molecule has 1 N–H and O–H groups in total. The predicted octanol–water partition coefficient (Wildman–Crippen LogP) is 4.20. The monoisotopic (exact) mass is 470 g/mol. The summed E-state index contributed by atoms with van der Waals surface area (Å²) in [6.45, 7) is 12.8. The molecule has 3 aromatic rings. The summed E-state index contributed by atoms with van der Waals surface area (Å²) in [5.74, 6) is -0.0471. The van der Waals surface area contributed by atoms with Crippen LogP contribution >= 0.6 is 0 Å². The van der Waals surface area contributed by atoms with Gasteiger partial charge < -0.3 is 0 Å². The van der Waals surface area contributed by atoms with Gasteiger partial charge in [0.25, 0.3) is 0 Å². The maximum absolute atomic E-state index is 15.0. The van der Waals surface area contributed by atoms with Crippen molar-refractivity contribution in [3.05, 3.63) is 78.4 Å². The molecule has 2 aromatic heterocycles. The van der Waals surface area contributed by atoms with E-state index in [4.69, 9.17) is 0 Å². The maximum Gasteiger partial charge on any atom is 0.243 e. The van der Waals surface area contributed by atoms with Crippen LogP contribution in [0.15, 0.2) is 49.8 Å². The molecule has 0 aliphatic carbocycles. The fraction of sp³-hybridized carbons (Fsp3) is 0.304. The number of hydrogen-bond acceptors (Lipinski definition) is 6. The van der Waals surface area contributed by atoms with Crippen molar-refractivity contribution in [3.8, 4) is 5.69 Å². The second-order valence-electron chi connectivity index (χ2n) is 7.86. The maximum atomic E-state index is 15.0. The van der Waals surface area contributed by atoms with Crippen molar-refractivity contribution in [2.75, 3.05) is 4.72 Å². The van der Waals surface area contributed by atoms with Crippen molar-refractivity contribution < 1.29 is 12.8 Å². The largest absolute Gasteiger partial charge is 0.261 e. The molecule has 0 bridgehead atoms. The van der Waals surface area contributed by atoms with Gasteiger partial charge in [0.1, 0.15) is 17.5 Å². The highest BCUT2D eigenvalue weighted by Gasteiger charge is 2.28. The summed E-state index contributed by atoms with van der Waals surface area (Å²) in [4.78, 5) is 8.36. The highest BCUT2D eigenvalue weighted by Crippen LogP contribution is 2.30. The minimum atomic E-state index is -3.93. The molecule has 0 amide bonds. The van der Waals surface area contributed by atoms with Crippen molar-refractivity contribution in [2.45, 2.75) is 44.8 Å². The highest BCUT2D eigenvalue weighted by molar-refractivity contribution is 7.93. The van der Waals surface area contributed by atoms with Crippen molar-refractivity contribution in [3.63, 3.8) is 0 Å². The van der Waals surface area contributed by atoms with Crippen molar-refractivity contribution in [1.29, 1.82) is 0 Å². The van der Waals surface area contributed by atoms with Gasteiger partial charge in [-0.25, -0.2) is 22.8 Å². The van der Waals surface area contributed by atoms with Crippen molar-refractivity contribution in [2.24, 2.45) is 0 Å². The molecule has 0 fully saturated rings. The Bertz CT molecular complexity index is 1250. The fourth-order valence-electron chi connectivity index (χ4n) is 3.31. The Kier molecular flexibility index (Phi) is 7.37. The van der Waals surface area contributed by atoms with Crippen LogP contribution in [-0.4, -0.2) is 38.4 Å². The molecule has 3 rings (SSSR count). The van der Waals surface area contributed by atoms with Gasteiger partial charge in [0.15, 0.2) is 0 Å². The second kappa shape index (κ2) is 10.0. The first-order valence-corrected chi connectivity index (χ1v) is 12.0. The lowest BCUT2D eigenvalue weighted by molar-refractivity contribution is 0.584. The Morgan fingerprint density at radius 2 is 1.88 bits per heavy atom. The minimum absolute atomic E-state index is 0.0983. The average molecular weight is 471 g/mol. The van der Waals surface area contributed by atoms with Gasteiger partial charge >= 0.3 is 0 Å². The summed E-state index contributed by atoms with van der Waals surface area (Å²) in [7, 11) is -3.93. The number of nitrogens with zero attached hydrogens (tertiary/aromatic N) is 5. The minimum Gasteiger partial charge on any atom is -0.261 e. The molecule has 10 heteroatoms. The smallest absolute Gasteiger partial charge is 0.243 e. The number of nitrogens with one attached hydrogen (secondary N) is 1. The van der Waals surface area contributed by atoms with Crippen LogP contribution in [0.1, 0.15) is 49.0 Å². The third-order valence-corrected chi connectivity index (χ3v) is 6.87. The van der Waals surface area contributed by atoms with Crippen LogP contribution in [0.25, 0.3) is 11.8 Å². The molecule has 0 aliphatic rings. The first-order valence-electron chi connectivity index (χ1n) is 10.4. The summed E-state index contributed by atoms with van der Waals surface area (Å²) in [6, 6.07) is 4.53. The van der Waals surface area contributed by atoms with Crippen LogP contribution in [-0.2, 0) is 16.4 Å². The molecule has 0 saturated heterocycles. The summed E-state index contributed by atoms with van der Waals surface area (Å²) in [5.41, 5.74) is 1.48. The van der Waals surface area contributed by atoms with Gasteiger partial charge in [-0.3, -0.25) is 9.29 Å². The predicted molar refractivity (Wildman–Crippen MR) is 127 cm³/mol. The molecule has 2 atom stereocenters. The van der Waals surface area contributed by atoms with E-state index in [2.05, 4.69) is 38.0 Å². The van der Waals surface area contributed by atoms with E-state index in [9.17, 15) is 12.8 Å². The zero-order chi connectivity index (χ0) is 24.2. The van der Waals surface area contributed by atoms with Crippen LogP contribution in [0.5, 0.6) is 0 Å². The highest BCUT2D eigenvalue weighted by atomic mass is 32.2. The number of aromatic nitrogens is 5. The van der Waals surface area contributed by atoms with E-state index in [1.807, 2.05) is 13.8 Å². The first-order chi connectivity index (χ1) is 15.7. The molecule has 0 aliphatic heterocycles. The molecular weight excluding hydrogens is 443 g/mol. The van der Waals surface area contributed by atoms with Crippen LogP contribution in [0, 0.1) is 12.7 Å². The molecule has 174 valence electrons. The molecule has 2 heterocycles. The normalized spacial score (nSPS) is 13.3. The Morgan fingerprint density at radius 1 is 1.18 bits per heavy atom. The van der Waals surface area contributed by atoms with Gasteiger partial charge in [0.2, 0.25) is 16.0 Å². The van der Waals surface area contributed by atoms with Crippen LogP contribution in [0.4, 0.5) is 10.3 Å². The number of sulfonamides is 1. The van der Waals surface area contributed by atoms with Gasteiger partial charge in [0, 0.05) is 30.3 Å². The lowest BCUT2D eigenvalue weighted by Crippen LogP contribution is -2.29. The lowest BCUT2D eigenvalue weighted by atomic mass is 10.1. The van der Waals surface area contributed by atoms with E-state index >= 15 is 0 Å². The fourth-order valence-corrected chi connectivity index (χ4v) is 4.27. The van der Waals surface area contributed by atoms with Gasteiger partial charge in [-0.05, 0) is 31.9 Å². The van der Waals surface area contributed by atoms with E-state index in [0.29, 0.717) is 23.6 Å². The second-order valence-corrected chi connectivity index (χ2v) is 9.96. The van der Waals surface area contributed by atoms with Crippen LogP contribution in [0.3, 0.4) is 0 Å². The Labute approximate surface area is 193 Å². The molecule has 8 nitrogen and oxygen atoms in total. The topological polar surface area (TPSA) is 103 Å². The number of aryl methyl sites for hydroxylation is 1. The Hall–Kier alpha value is -3.40. The van der Waals surface area contributed by atoms with E-state index in [1.165, 1.54) is 16.7 Å². The first kappa shape index (κ1) is 24.2. The van der Waals surface area contributed by atoms with E-state index in [-0.39, 0.29) is 24.0 Å². The van der Waals surface area contributed by atoms with Crippen molar-refractivity contribution in [1.82, 2.24) is 24.7 Å². The van der Waals surface area contributed by atoms with Crippen LogP contribution < -0.4 is 4.72 Å². The number of anilines is 1. The molecule has 0 unspecified atom stereocenters. The molecule has 1 aromatic carbocycles. The molecular formula is C23H27FN6O2S. The molecule has 0 radical (unpaired) electrons. The summed E-state index contributed by atoms with van der Waals surface area (Å²) >= 11 is 0. The zero-order valence-corrected chi connectivity index (χ0v) is 19.7. The van der Waals surface area contributed by atoms with Crippen LogP contribution in [0.2, 0.25) is 0 Å². The van der Waals surface area contributed by atoms with E-state index < -0.39 is 21.1 Å². The molecule has 33 heavy (non-hydrogen) atoms. The lowest BCUT2D eigenvalue weighted by Gasteiger charge is -2.18. The van der Waals surface area contributed by atoms with Gasteiger partial charge in [-0.15, -0.1) is 16.8 Å². The number of hydrogen-bond donors (Lipinski definition) is 1. The number of para-hydroxylation sites is 1. The summed E-state index contributed by atoms with van der Waals surface area (Å²) in [6.07, 6.45) is 7.12. The standard InChI is InChI=1S/C23H27FN6O2S/c1-6-9-16(4)22-27-28-23(30(22)21-18(7-2)10-8-11-19(21)24)29-33(31,32)17(5)12-20-25-13-15(3)14-26-20/h6-8,10-11,13-14,16-17H,1-2,9,12H2,3-5H3,(H,28,29)/t16-,17-/m0/s1. The third-order valence-electron chi connectivity index (χ3n) is 5.18. The number of allylic oxidation sites excluding steroid dienone is 1. The molecule has 0 spiro atoms. The zero-order valence-electron chi connectivity index (χ0n) is 18.9. The van der Waals surface area contributed by atoms with E-state index in [0.717, 1.165) is 5.56 Å². The van der Waals surface area contributed by atoms with Gasteiger partial charge in [-0.1, -0.05) is 37.8 Å². The van der Waals surface area contributed by atoms with Gasteiger partial charge in [0.05, 0.1) is 10.9 Å². The summed E-state index contributed by atoms with van der Waals surface area (Å²) < 4.78 is 45.1.